The van der Waals surface area contributed by atoms with E-state index in [2.05, 4.69) is 6.07 Å². The first kappa shape index (κ1) is 13.8. The number of carbonyl (C=O) groups excluding carboxylic acids is 1. The fourth-order valence-corrected chi connectivity index (χ4v) is 3.85. The lowest BCUT2D eigenvalue weighted by molar-refractivity contribution is -0.00282. The molecule has 0 spiro atoms. The summed E-state index contributed by atoms with van der Waals surface area (Å²) in [6.07, 6.45) is 5.39. The molecular formula is C17H17NO3S. The van der Waals surface area contributed by atoms with Gasteiger partial charge >= 0.3 is 5.97 Å². The molecule has 2 aliphatic rings. The van der Waals surface area contributed by atoms with Gasteiger partial charge in [-0.15, -0.1) is 11.3 Å². The van der Waals surface area contributed by atoms with E-state index in [1.165, 1.54) is 4.88 Å². The van der Waals surface area contributed by atoms with Gasteiger partial charge in [-0.2, -0.15) is 0 Å². The lowest BCUT2D eigenvalue weighted by Gasteiger charge is -2.23. The second-order valence-electron chi connectivity index (χ2n) is 6.25. The van der Waals surface area contributed by atoms with Crippen LogP contribution in [0.15, 0.2) is 34.6 Å². The number of hydrogen-bond donors (Lipinski definition) is 0. The van der Waals surface area contributed by atoms with Crippen molar-refractivity contribution in [3.05, 3.63) is 56.1 Å². The van der Waals surface area contributed by atoms with Crippen molar-refractivity contribution in [2.24, 2.45) is 0 Å². The summed E-state index contributed by atoms with van der Waals surface area (Å²) in [7, 11) is 0. The van der Waals surface area contributed by atoms with Crippen molar-refractivity contribution >= 4 is 17.3 Å². The molecule has 22 heavy (non-hydrogen) atoms. The van der Waals surface area contributed by atoms with Crippen LogP contribution < -0.4 is 5.56 Å². The number of hydrogen-bond acceptors (Lipinski definition) is 4. The van der Waals surface area contributed by atoms with Crippen LogP contribution in [0.5, 0.6) is 0 Å². The van der Waals surface area contributed by atoms with Gasteiger partial charge in [0.1, 0.15) is 11.2 Å². The first-order chi connectivity index (χ1) is 10.6. The molecule has 3 heterocycles. The highest BCUT2D eigenvalue weighted by atomic mass is 32.1. The maximum absolute atomic E-state index is 12.5. The third-order valence-electron chi connectivity index (χ3n) is 4.58. The Hall–Kier alpha value is -1.88. The number of fused-ring (bicyclic) bond motifs is 1. The third-order valence-corrected chi connectivity index (χ3v) is 5.52. The van der Waals surface area contributed by atoms with E-state index in [0.29, 0.717) is 6.42 Å². The second-order valence-corrected chi connectivity index (χ2v) is 7.28. The van der Waals surface area contributed by atoms with Crippen LogP contribution in [0, 0.1) is 0 Å². The van der Waals surface area contributed by atoms with Gasteiger partial charge in [-0.1, -0.05) is 6.07 Å². The van der Waals surface area contributed by atoms with Crippen molar-refractivity contribution < 1.29 is 9.53 Å². The molecule has 5 heteroatoms. The summed E-state index contributed by atoms with van der Waals surface area (Å²) < 4.78 is 7.29. The van der Waals surface area contributed by atoms with Gasteiger partial charge in [0.2, 0.25) is 0 Å². The van der Waals surface area contributed by atoms with E-state index in [0.717, 1.165) is 24.8 Å². The number of rotatable bonds is 4. The molecule has 2 aromatic rings. The topological polar surface area (TPSA) is 48.3 Å². The van der Waals surface area contributed by atoms with E-state index in [1.54, 1.807) is 15.9 Å². The molecule has 0 bridgehead atoms. The van der Waals surface area contributed by atoms with Crippen LogP contribution in [0.2, 0.25) is 0 Å². The molecule has 4 rings (SSSR count). The van der Waals surface area contributed by atoms with Crippen LogP contribution >= 0.6 is 11.3 Å². The molecule has 1 unspecified atom stereocenters. The molecular weight excluding hydrogens is 298 g/mol. The van der Waals surface area contributed by atoms with Gasteiger partial charge < -0.3 is 9.30 Å². The normalized spacial score (nSPS) is 23.4. The Bertz CT molecular complexity index is 789. The molecule has 2 aromatic heterocycles. The molecule has 1 aliphatic heterocycles. The van der Waals surface area contributed by atoms with Crippen molar-refractivity contribution in [2.75, 3.05) is 0 Å². The molecule has 0 saturated heterocycles. The maximum atomic E-state index is 12.5. The molecule has 0 amide bonds. The Labute approximate surface area is 132 Å². The van der Waals surface area contributed by atoms with E-state index in [9.17, 15) is 9.59 Å². The molecule has 1 saturated carbocycles. The average molecular weight is 315 g/mol. The molecule has 4 nitrogen and oxygen atoms in total. The van der Waals surface area contributed by atoms with Crippen LogP contribution in [0.4, 0.5) is 0 Å². The zero-order valence-corrected chi connectivity index (χ0v) is 13.2. The zero-order chi connectivity index (χ0) is 15.3. The second kappa shape index (κ2) is 4.81. The minimum absolute atomic E-state index is 0.190. The van der Waals surface area contributed by atoms with Crippen molar-refractivity contribution in [2.45, 2.75) is 44.2 Å². The fourth-order valence-electron chi connectivity index (χ4n) is 3.14. The van der Waals surface area contributed by atoms with Gasteiger partial charge in [-0.05, 0) is 50.1 Å². The highest BCUT2D eigenvalue weighted by Crippen LogP contribution is 2.40. The summed E-state index contributed by atoms with van der Waals surface area (Å²) in [5.74, 6) is -0.469. The summed E-state index contributed by atoms with van der Waals surface area (Å²) in [5, 5.41) is 2.04. The van der Waals surface area contributed by atoms with Crippen molar-refractivity contribution in [3.63, 3.8) is 0 Å². The molecule has 0 aromatic carbocycles. The lowest BCUT2D eigenvalue weighted by atomic mass is 9.90. The Morgan fingerprint density at radius 3 is 2.86 bits per heavy atom. The average Bonchev–Trinajstić information content (AvgIpc) is 3.12. The monoisotopic (exact) mass is 315 g/mol. The van der Waals surface area contributed by atoms with Gasteiger partial charge in [0, 0.05) is 22.7 Å². The quantitative estimate of drug-likeness (QED) is 0.814. The Morgan fingerprint density at radius 2 is 2.18 bits per heavy atom. The number of aromatic nitrogens is 1. The molecule has 1 atom stereocenters. The number of pyridine rings is 1. The van der Waals surface area contributed by atoms with Crippen molar-refractivity contribution in [1.29, 1.82) is 0 Å². The number of thiophene rings is 1. The first-order valence-electron chi connectivity index (χ1n) is 7.60. The van der Waals surface area contributed by atoms with Gasteiger partial charge in [0.25, 0.3) is 5.56 Å². The summed E-state index contributed by atoms with van der Waals surface area (Å²) in [5.41, 5.74) is 0.0990. The summed E-state index contributed by atoms with van der Waals surface area (Å²) in [6.45, 7) is 1.91. The highest BCUT2D eigenvalue weighted by molar-refractivity contribution is 7.09. The van der Waals surface area contributed by atoms with Crippen LogP contribution in [0.3, 0.4) is 0 Å². The Morgan fingerprint density at radius 1 is 1.36 bits per heavy atom. The van der Waals surface area contributed by atoms with Gasteiger partial charge in [-0.25, -0.2) is 4.79 Å². The highest BCUT2D eigenvalue weighted by Gasteiger charge is 2.44. The van der Waals surface area contributed by atoms with Gasteiger partial charge in [0.15, 0.2) is 0 Å². The minimum atomic E-state index is -0.696. The molecule has 1 fully saturated rings. The van der Waals surface area contributed by atoms with Gasteiger partial charge in [0.05, 0.1) is 0 Å². The number of ether oxygens (including phenoxy) is 1. The smallest absolute Gasteiger partial charge is 0.345 e. The third kappa shape index (κ3) is 2.11. The molecule has 0 radical (unpaired) electrons. The van der Waals surface area contributed by atoms with Crippen LogP contribution in [-0.4, -0.2) is 10.5 Å². The van der Waals surface area contributed by atoms with Crippen LogP contribution in [0.1, 0.15) is 53.0 Å². The predicted octanol–water partition coefficient (Wildman–Crippen LogP) is 3.26. The van der Waals surface area contributed by atoms with E-state index >= 15 is 0 Å². The van der Waals surface area contributed by atoms with Crippen LogP contribution in [0.25, 0.3) is 0 Å². The SMILES string of the molecule is CC1(CCc2cccs2)OC(=O)c2c1ccn(C1CC1)c2=O. The predicted molar refractivity (Wildman–Crippen MR) is 84.4 cm³/mol. The molecule has 1 aliphatic carbocycles. The van der Waals surface area contributed by atoms with Crippen molar-refractivity contribution in [1.82, 2.24) is 4.57 Å². The van der Waals surface area contributed by atoms with Crippen molar-refractivity contribution in [3.8, 4) is 0 Å². The first-order valence-corrected chi connectivity index (χ1v) is 8.48. The van der Waals surface area contributed by atoms with E-state index in [4.69, 9.17) is 4.74 Å². The fraction of sp³-hybridized carbons (Fsp3) is 0.412. The van der Waals surface area contributed by atoms with E-state index in [1.807, 2.05) is 30.6 Å². The van der Waals surface area contributed by atoms with Gasteiger partial charge in [-0.3, -0.25) is 4.79 Å². The minimum Gasteiger partial charge on any atom is -0.451 e. The summed E-state index contributed by atoms with van der Waals surface area (Å²) >= 11 is 1.70. The maximum Gasteiger partial charge on any atom is 0.345 e. The van der Waals surface area contributed by atoms with E-state index in [-0.39, 0.29) is 17.2 Å². The number of carbonyl (C=O) groups is 1. The number of esters is 1. The standard InChI is InChI=1S/C17H17NO3S/c1-17(8-6-12-3-2-10-22-12)13-7-9-18(11-4-5-11)15(19)14(13)16(20)21-17/h2-3,7,9-11H,4-6,8H2,1H3. The number of aryl methyl sites for hydroxylation is 1. The summed E-state index contributed by atoms with van der Waals surface area (Å²) in [4.78, 5) is 26.0. The largest absolute Gasteiger partial charge is 0.451 e. The Balaban J connectivity index is 1.69. The summed E-state index contributed by atoms with van der Waals surface area (Å²) in [6, 6.07) is 6.26. The molecule has 0 N–H and O–H groups in total. The zero-order valence-electron chi connectivity index (χ0n) is 12.4. The number of nitrogens with zero attached hydrogens (tertiary/aromatic N) is 1. The lowest BCUT2D eigenvalue weighted by Crippen LogP contribution is -2.26. The molecule has 114 valence electrons. The Kier molecular flexibility index (Phi) is 3.01. The van der Waals surface area contributed by atoms with Crippen LogP contribution in [-0.2, 0) is 16.8 Å². The number of cyclic esters (lactones) is 1. The van der Waals surface area contributed by atoms with E-state index < -0.39 is 11.6 Å².